The summed E-state index contributed by atoms with van der Waals surface area (Å²) in [7, 11) is 0. The molecule has 0 rings (SSSR count). The normalized spacial score (nSPS) is 13.3. The first-order valence-electron chi connectivity index (χ1n) is 6.38. The Balaban J connectivity index is 3.68. The van der Waals surface area contributed by atoms with E-state index in [1.807, 2.05) is 20.8 Å². The minimum absolute atomic E-state index is 0.173. The summed E-state index contributed by atoms with van der Waals surface area (Å²) in [6.45, 7) is 8.11. The van der Waals surface area contributed by atoms with Crippen molar-refractivity contribution >= 4 is 12.2 Å². The Morgan fingerprint density at radius 3 is 2.28 bits per heavy atom. The molecular weight excluding hydrogens is 236 g/mol. The first-order chi connectivity index (χ1) is 8.49. The Kier molecular flexibility index (Phi) is 8.78. The van der Waals surface area contributed by atoms with Crippen molar-refractivity contribution < 1.29 is 19.1 Å². The lowest BCUT2D eigenvalue weighted by Crippen LogP contribution is -2.43. The van der Waals surface area contributed by atoms with Gasteiger partial charge < -0.3 is 9.47 Å². The van der Waals surface area contributed by atoms with Crippen molar-refractivity contribution in [3.8, 4) is 0 Å². The predicted octanol–water partition coefficient (Wildman–Crippen LogP) is 2.59. The number of carbonyl (C=O) groups is 2. The van der Waals surface area contributed by atoms with Crippen LogP contribution in [0.1, 0.15) is 47.0 Å². The molecule has 0 aromatic rings. The topological polar surface area (TPSA) is 76.7 Å². The van der Waals surface area contributed by atoms with Crippen LogP contribution in [0.5, 0.6) is 0 Å². The summed E-state index contributed by atoms with van der Waals surface area (Å²) in [4.78, 5) is 22.4. The van der Waals surface area contributed by atoms with Crippen molar-refractivity contribution in [2.24, 2.45) is 5.92 Å². The van der Waals surface area contributed by atoms with Gasteiger partial charge in [0.25, 0.3) is 0 Å². The molecule has 0 fully saturated rings. The lowest BCUT2D eigenvalue weighted by Gasteiger charge is -2.14. The number of hydrogen-bond acceptors (Lipinski definition) is 4. The largest absolute Gasteiger partial charge is 0.448 e. The van der Waals surface area contributed by atoms with Crippen LogP contribution in [0.25, 0.3) is 0 Å². The van der Waals surface area contributed by atoms with E-state index in [1.165, 1.54) is 0 Å². The summed E-state index contributed by atoms with van der Waals surface area (Å²) in [6.07, 6.45) is 1.10. The van der Waals surface area contributed by atoms with E-state index in [-0.39, 0.29) is 6.10 Å². The maximum atomic E-state index is 11.2. The maximum Gasteiger partial charge on any atom is 0.426 e. The molecule has 0 saturated carbocycles. The van der Waals surface area contributed by atoms with Gasteiger partial charge in [-0.2, -0.15) is 0 Å². The van der Waals surface area contributed by atoms with Crippen molar-refractivity contribution in [3.05, 3.63) is 0 Å². The third-order valence-corrected chi connectivity index (χ3v) is 2.47. The minimum atomic E-state index is -0.685. The van der Waals surface area contributed by atoms with Gasteiger partial charge >= 0.3 is 12.2 Å². The summed E-state index contributed by atoms with van der Waals surface area (Å²) >= 11 is 0. The highest BCUT2D eigenvalue weighted by Crippen LogP contribution is 2.01. The molecule has 106 valence electrons. The number of hydrogen-bond donors (Lipinski definition) is 2. The van der Waals surface area contributed by atoms with Crippen LogP contribution >= 0.6 is 0 Å². The monoisotopic (exact) mass is 260 g/mol. The molecule has 18 heavy (non-hydrogen) atoms. The van der Waals surface area contributed by atoms with Gasteiger partial charge in [0.05, 0.1) is 6.61 Å². The van der Waals surface area contributed by atoms with Crippen LogP contribution in [0.2, 0.25) is 0 Å². The van der Waals surface area contributed by atoms with Crippen LogP contribution in [0.4, 0.5) is 9.59 Å². The van der Waals surface area contributed by atoms with Crippen LogP contribution in [-0.2, 0) is 9.47 Å². The minimum Gasteiger partial charge on any atom is -0.448 e. The standard InChI is InChI=1S/C12H24N2O4/c1-5-7-10(4)18-12(16)14-13-11(15)17-8-9(3)6-2/h9-10H,5-8H2,1-4H3,(H,13,15)(H,14,16). The average molecular weight is 260 g/mol. The Morgan fingerprint density at radius 2 is 1.72 bits per heavy atom. The first-order valence-corrected chi connectivity index (χ1v) is 6.38. The summed E-state index contributed by atoms with van der Waals surface area (Å²) in [6, 6.07) is 0. The van der Waals surface area contributed by atoms with Crippen LogP contribution in [0, 0.1) is 5.92 Å². The third kappa shape index (κ3) is 8.66. The van der Waals surface area contributed by atoms with Crippen LogP contribution in [-0.4, -0.2) is 24.9 Å². The van der Waals surface area contributed by atoms with E-state index >= 15 is 0 Å². The van der Waals surface area contributed by atoms with E-state index in [0.717, 1.165) is 19.3 Å². The fourth-order valence-corrected chi connectivity index (χ4v) is 1.15. The van der Waals surface area contributed by atoms with Gasteiger partial charge in [-0.25, -0.2) is 20.4 Å². The Labute approximate surface area is 108 Å². The molecular formula is C12H24N2O4. The van der Waals surface area contributed by atoms with E-state index < -0.39 is 12.2 Å². The van der Waals surface area contributed by atoms with Crippen molar-refractivity contribution in [2.45, 2.75) is 53.1 Å². The fourth-order valence-electron chi connectivity index (χ4n) is 1.15. The van der Waals surface area contributed by atoms with E-state index in [9.17, 15) is 9.59 Å². The van der Waals surface area contributed by atoms with Crippen molar-refractivity contribution in [2.75, 3.05) is 6.61 Å². The van der Waals surface area contributed by atoms with Gasteiger partial charge in [-0.1, -0.05) is 33.6 Å². The van der Waals surface area contributed by atoms with E-state index in [1.54, 1.807) is 6.92 Å². The molecule has 0 aromatic carbocycles. The lowest BCUT2D eigenvalue weighted by molar-refractivity contribution is 0.0912. The highest BCUT2D eigenvalue weighted by atomic mass is 16.6. The number of rotatable bonds is 6. The Morgan fingerprint density at radius 1 is 1.11 bits per heavy atom. The SMILES string of the molecule is CCCC(C)OC(=O)NNC(=O)OCC(C)CC. The molecule has 0 spiro atoms. The molecule has 6 nitrogen and oxygen atoms in total. The van der Waals surface area contributed by atoms with Crippen LogP contribution < -0.4 is 10.9 Å². The van der Waals surface area contributed by atoms with Gasteiger partial charge in [-0.05, 0) is 19.3 Å². The zero-order chi connectivity index (χ0) is 14.0. The molecule has 0 aromatic heterocycles. The van der Waals surface area contributed by atoms with Crippen molar-refractivity contribution in [1.29, 1.82) is 0 Å². The lowest BCUT2D eigenvalue weighted by atomic mass is 10.1. The fraction of sp³-hybridized carbons (Fsp3) is 0.833. The van der Waals surface area contributed by atoms with E-state index in [0.29, 0.717) is 12.5 Å². The molecule has 0 radical (unpaired) electrons. The van der Waals surface area contributed by atoms with Gasteiger partial charge in [0.1, 0.15) is 6.10 Å². The van der Waals surface area contributed by atoms with Gasteiger partial charge in [0, 0.05) is 0 Å². The Bertz CT molecular complexity index is 258. The second-order valence-corrected chi connectivity index (χ2v) is 4.37. The number of nitrogens with one attached hydrogen (secondary N) is 2. The summed E-state index contributed by atoms with van der Waals surface area (Å²) in [5.74, 6) is 0.298. The number of ether oxygens (including phenoxy) is 2. The molecule has 0 aliphatic heterocycles. The van der Waals surface area contributed by atoms with Crippen molar-refractivity contribution in [1.82, 2.24) is 10.9 Å². The quantitative estimate of drug-likeness (QED) is 0.720. The third-order valence-electron chi connectivity index (χ3n) is 2.47. The average Bonchev–Trinajstić information content (AvgIpc) is 2.33. The second kappa shape index (κ2) is 9.56. The molecule has 0 aliphatic carbocycles. The maximum absolute atomic E-state index is 11.2. The van der Waals surface area contributed by atoms with Gasteiger partial charge in [-0.15, -0.1) is 0 Å². The van der Waals surface area contributed by atoms with Crippen LogP contribution in [0.15, 0.2) is 0 Å². The molecule has 0 heterocycles. The molecule has 0 aliphatic rings. The highest BCUT2D eigenvalue weighted by molar-refractivity contribution is 5.73. The van der Waals surface area contributed by atoms with Gasteiger partial charge in [0.15, 0.2) is 0 Å². The summed E-state index contributed by atoms with van der Waals surface area (Å²) < 4.78 is 9.84. The second-order valence-electron chi connectivity index (χ2n) is 4.37. The number of hydrazine groups is 1. The number of carbonyl (C=O) groups excluding carboxylic acids is 2. The summed E-state index contributed by atoms with van der Waals surface area (Å²) in [5, 5.41) is 0. The predicted molar refractivity (Wildman–Crippen MR) is 67.9 cm³/mol. The van der Waals surface area contributed by atoms with Crippen molar-refractivity contribution in [3.63, 3.8) is 0 Å². The zero-order valence-electron chi connectivity index (χ0n) is 11.6. The molecule has 2 atom stereocenters. The first kappa shape index (κ1) is 16.5. The molecule has 6 heteroatoms. The molecule has 0 bridgehead atoms. The van der Waals surface area contributed by atoms with Gasteiger partial charge in [0.2, 0.25) is 0 Å². The highest BCUT2D eigenvalue weighted by Gasteiger charge is 2.10. The number of amides is 2. The molecule has 2 amide bonds. The summed E-state index contributed by atoms with van der Waals surface area (Å²) in [5.41, 5.74) is 4.25. The van der Waals surface area contributed by atoms with Gasteiger partial charge in [-0.3, -0.25) is 0 Å². The van der Waals surface area contributed by atoms with E-state index in [4.69, 9.17) is 9.47 Å². The Hall–Kier alpha value is -1.46. The molecule has 2 N–H and O–H groups in total. The zero-order valence-corrected chi connectivity index (χ0v) is 11.6. The smallest absolute Gasteiger partial charge is 0.426 e. The van der Waals surface area contributed by atoms with Crippen LogP contribution in [0.3, 0.4) is 0 Å². The van der Waals surface area contributed by atoms with E-state index in [2.05, 4.69) is 10.9 Å². The molecule has 0 saturated heterocycles. The molecule has 2 unspecified atom stereocenters.